The molecular weight excluding hydrogens is 136 g/mol. The van der Waals surface area contributed by atoms with E-state index < -0.39 is 24.6 Å². The minimum atomic E-state index is -1.44. The first kappa shape index (κ1) is 9.55. The lowest BCUT2D eigenvalue weighted by Gasteiger charge is -2.12. The summed E-state index contributed by atoms with van der Waals surface area (Å²) in [5, 5.41) is 25.8. The van der Waals surface area contributed by atoms with Crippen molar-refractivity contribution in [3.63, 3.8) is 0 Å². The summed E-state index contributed by atoms with van der Waals surface area (Å²) >= 11 is 0. The van der Waals surface area contributed by atoms with E-state index in [-0.39, 0.29) is 6.42 Å². The summed E-state index contributed by atoms with van der Waals surface area (Å²) in [6.07, 6.45) is -2.61. The molecule has 0 aromatic carbocycles. The van der Waals surface area contributed by atoms with Gasteiger partial charge >= 0.3 is 0 Å². The maximum atomic E-state index is 10.6. The predicted molar refractivity (Wildman–Crippen MR) is 34.4 cm³/mol. The van der Waals surface area contributed by atoms with E-state index in [9.17, 15) is 4.79 Å². The molecule has 0 unspecified atom stereocenters. The van der Waals surface area contributed by atoms with E-state index in [0.717, 1.165) is 0 Å². The molecule has 0 aromatic heterocycles. The Morgan fingerprint density at radius 3 is 2.30 bits per heavy atom. The average Bonchev–Trinajstić information content (AvgIpc) is 2.00. The van der Waals surface area contributed by atoms with Crippen molar-refractivity contribution in [1.29, 1.82) is 0 Å². The van der Waals surface area contributed by atoms with Gasteiger partial charge in [0.1, 0.15) is 12.2 Å². The molecule has 4 nitrogen and oxygen atoms in total. The lowest BCUT2D eigenvalue weighted by molar-refractivity contribution is -0.134. The van der Waals surface area contributed by atoms with Crippen LogP contribution in [-0.2, 0) is 4.79 Å². The van der Waals surface area contributed by atoms with Gasteiger partial charge in [0.2, 0.25) is 0 Å². The Morgan fingerprint density at radius 2 is 2.00 bits per heavy atom. The van der Waals surface area contributed by atoms with Crippen LogP contribution in [0, 0.1) is 0 Å². The molecule has 0 saturated carbocycles. The number of ketones is 1. The zero-order valence-corrected chi connectivity index (χ0v) is 5.82. The van der Waals surface area contributed by atoms with Crippen LogP contribution >= 0.6 is 0 Å². The number of carbonyl (C=O) groups excluding carboxylic acids is 1. The third kappa shape index (κ3) is 2.43. The molecular formula is C6H12O4. The van der Waals surface area contributed by atoms with Crippen LogP contribution in [0.4, 0.5) is 0 Å². The molecule has 0 aliphatic carbocycles. The summed E-state index contributed by atoms with van der Waals surface area (Å²) in [5.74, 6) is -0.457. The van der Waals surface area contributed by atoms with E-state index in [4.69, 9.17) is 15.3 Å². The summed E-state index contributed by atoms with van der Waals surface area (Å²) in [4.78, 5) is 10.6. The molecule has 10 heavy (non-hydrogen) atoms. The largest absolute Gasteiger partial charge is 0.394 e. The Hall–Kier alpha value is -0.450. The number of hydrogen-bond acceptors (Lipinski definition) is 4. The summed E-state index contributed by atoms with van der Waals surface area (Å²) < 4.78 is 0. The molecule has 60 valence electrons. The minimum absolute atomic E-state index is 0.165. The highest BCUT2D eigenvalue weighted by atomic mass is 16.4. The van der Waals surface area contributed by atoms with Gasteiger partial charge in [-0.05, 0) is 0 Å². The van der Waals surface area contributed by atoms with Gasteiger partial charge in [0.15, 0.2) is 5.78 Å². The monoisotopic (exact) mass is 148 g/mol. The first-order valence-corrected chi connectivity index (χ1v) is 3.13. The van der Waals surface area contributed by atoms with Gasteiger partial charge in [-0.15, -0.1) is 0 Å². The first-order chi connectivity index (χ1) is 4.63. The summed E-state index contributed by atoms with van der Waals surface area (Å²) in [6.45, 7) is 0.989. The fourth-order valence-electron chi connectivity index (χ4n) is 0.524. The molecule has 0 fully saturated rings. The number of aliphatic hydroxyl groups is 3. The predicted octanol–water partition coefficient (Wildman–Crippen LogP) is -1.32. The third-order valence-corrected chi connectivity index (χ3v) is 1.23. The van der Waals surface area contributed by atoms with Crippen LogP contribution in [0.5, 0.6) is 0 Å². The van der Waals surface area contributed by atoms with Crippen molar-refractivity contribution in [2.45, 2.75) is 25.6 Å². The highest BCUT2D eigenvalue weighted by Gasteiger charge is 2.21. The normalized spacial score (nSPS) is 16.4. The van der Waals surface area contributed by atoms with Crippen molar-refractivity contribution in [3.8, 4) is 0 Å². The number of aliphatic hydroxyl groups excluding tert-OH is 3. The first-order valence-electron chi connectivity index (χ1n) is 3.13. The van der Waals surface area contributed by atoms with E-state index in [1.165, 1.54) is 0 Å². The topological polar surface area (TPSA) is 77.8 Å². The van der Waals surface area contributed by atoms with Gasteiger partial charge in [0, 0.05) is 6.42 Å². The van der Waals surface area contributed by atoms with Crippen LogP contribution in [0.15, 0.2) is 0 Å². The Morgan fingerprint density at radius 1 is 1.50 bits per heavy atom. The zero-order chi connectivity index (χ0) is 8.15. The Bertz CT molecular complexity index is 112. The van der Waals surface area contributed by atoms with Gasteiger partial charge in [-0.3, -0.25) is 4.79 Å². The van der Waals surface area contributed by atoms with Crippen LogP contribution < -0.4 is 0 Å². The molecule has 0 radical (unpaired) electrons. The molecule has 0 spiro atoms. The molecule has 0 bridgehead atoms. The van der Waals surface area contributed by atoms with Crippen molar-refractivity contribution >= 4 is 5.78 Å². The van der Waals surface area contributed by atoms with E-state index in [2.05, 4.69) is 0 Å². The standard InChI is InChI=1S/C6H12O4/c1-2-4(8)6(10)5(9)3-7/h5-7,9-10H,2-3H2,1H3/t5-,6-/m1/s1. The summed E-state index contributed by atoms with van der Waals surface area (Å²) in [6, 6.07) is 0. The maximum absolute atomic E-state index is 10.6. The molecule has 0 aliphatic heterocycles. The highest BCUT2D eigenvalue weighted by molar-refractivity contribution is 5.83. The Kier molecular flexibility index (Phi) is 4.18. The van der Waals surface area contributed by atoms with Crippen LogP contribution in [-0.4, -0.2) is 39.9 Å². The number of hydrogen-bond donors (Lipinski definition) is 3. The van der Waals surface area contributed by atoms with Crippen LogP contribution in [0.1, 0.15) is 13.3 Å². The molecule has 0 heterocycles. The second-order valence-electron chi connectivity index (χ2n) is 2.01. The van der Waals surface area contributed by atoms with Gasteiger partial charge in [-0.25, -0.2) is 0 Å². The molecule has 0 aromatic rings. The lowest BCUT2D eigenvalue weighted by Crippen LogP contribution is -2.35. The van der Waals surface area contributed by atoms with Gasteiger partial charge in [0.25, 0.3) is 0 Å². The second kappa shape index (κ2) is 4.38. The van der Waals surface area contributed by atoms with Gasteiger partial charge < -0.3 is 15.3 Å². The van der Waals surface area contributed by atoms with Gasteiger partial charge in [0.05, 0.1) is 6.61 Å². The fourth-order valence-corrected chi connectivity index (χ4v) is 0.524. The highest BCUT2D eigenvalue weighted by Crippen LogP contribution is 1.96. The van der Waals surface area contributed by atoms with E-state index >= 15 is 0 Å². The minimum Gasteiger partial charge on any atom is -0.394 e. The average molecular weight is 148 g/mol. The second-order valence-corrected chi connectivity index (χ2v) is 2.01. The molecule has 3 N–H and O–H groups in total. The van der Waals surface area contributed by atoms with Crippen LogP contribution in [0.3, 0.4) is 0 Å². The molecule has 0 aliphatic rings. The smallest absolute Gasteiger partial charge is 0.163 e. The van der Waals surface area contributed by atoms with Gasteiger partial charge in [-0.2, -0.15) is 0 Å². The van der Waals surface area contributed by atoms with E-state index in [0.29, 0.717) is 0 Å². The Labute approximate surface area is 59.1 Å². The Balaban J connectivity index is 3.81. The number of carbonyl (C=O) groups is 1. The molecule has 2 atom stereocenters. The lowest BCUT2D eigenvalue weighted by atomic mass is 10.1. The zero-order valence-electron chi connectivity index (χ0n) is 5.82. The van der Waals surface area contributed by atoms with E-state index in [1.54, 1.807) is 6.92 Å². The molecule has 0 saturated heterocycles. The van der Waals surface area contributed by atoms with Crippen molar-refractivity contribution in [2.24, 2.45) is 0 Å². The van der Waals surface area contributed by atoms with Crippen molar-refractivity contribution in [2.75, 3.05) is 6.61 Å². The fraction of sp³-hybridized carbons (Fsp3) is 0.833. The van der Waals surface area contributed by atoms with Gasteiger partial charge in [-0.1, -0.05) is 6.92 Å². The SMILES string of the molecule is CCC(=O)[C@@H](O)[C@H](O)CO. The van der Waals surface area contributed by atoms with Crippen molar-refractivity contribution in [3.05, 3.63) is 0 Å². The summed E-state index contributed by atoms with van der Waals surface area (Å²) in [7, 11) is 0. The third-order valence-electron chi connectivity index (χ3n) is 1.23. The van der Waals surface area contributed by atoms with Crippen LogP contribution in [0.2, 0.25) is 0 Å². The van der Waals surface area contributed by atoms with Crippen molar-refractivity contribution < 1.29 is 20.1 Å². The number of rotatable bonds is 4. The maximum Gasteiger partial charge on any atom is 0.163 e. The molecule has 0 amide bonds. The van der Waals surface area contributed by atoms with Crippen molar-refractivity contribution in [1.82, 2.24) is 0 Å². The quantitative estimate of drug-likeness (QED) is 0.462. The van der Waals surface area contributed by atoms with E-state index in [1.807, 2.05) is 0 Å². The number of Topliss-reactive ketones (excluding diaryl/α,β-unsaturated/α-hetero) is 1. The van der Waals surface area contributed by atoms with Crippen LogP contribution in [0.25, 0.3) is 0 Å². The summed E-state index contributed by atoms with van der Waals surface area (Å²) in [5.41, 5.74) is 0. The molecule has 4 heteroatoms. The molecule has 0 rings (SSSR count).